The second-order valence-electron chi connectivity index (χ2n) is 6.91. The molecular weight excluding hydrogens is 408 g/mol. The number of esters is 2. The number of rotatable bonds is 8. The monoisotopic (exact) mass is 432 g/mol. The standard InChI is InChI=1S/C25H24N2O5/c1-2-26-25(30)27-22-14-20(23(28)31-16-18-9-5-3-6-10-18)13-21(15-22)24(29)32-17-19-11-7-4-8-12-19/h3-15H,2,16-17H2,1H3,(H2,26,27,30). The lowest BCUT2D eigenvalue weighted by molar-refractivity contribution is 0.0470. The molecule has 3 aromatic rings. The maximum absolute atomic E-state index is 12.6. The van der Waals surface area contributed by atoms with Crippen LogP contribution in [0.1, 0.15) is 38.8 Å². The van der Waals surface area contributed by atoms with E-state index in [4.69, 9.17) is 9.47 Å². The average molecular weight is 432 g/mol. The second-order valence-corrected chi connectivity index (χ2v) is 6.91. The van der Waals surface area contributed by atoms with Crippen LogP contribution in [0, 0.1) is 0 Å². The Balaban J connectivity index is 1.77. The fourth-order valence-corrected chi connectivity index (χ4v) is 2.88. The first-order valence-electron chi connectivity index (χ1n) is 10.2. The predicted molar refractivity (Wildman–Crippen MR) is 120 cm³/mol. The van der Waals surface area contributed by atoms with Gasteiger partial charge in [-0.1, -0.05) is 60.7 Å². The Morgan fingerprint density at radius 3 is 1.62 bits per heavy atom. The molecule has 0 aromatic heterocycles. The summed E-state index contributed by atoms with van der Waals surface area (Å²) in [5.41, 5.74) is 2.19. The van der Waals surface area contributed by atoms with E-state index < -0.39 is 18.0 Å². The number of carbonyl (C=O) groups excluding carboxylic acids is 3. The number of carbonyl (C=O) groups is 3. The Morgan fingerprint density at radius 2 is 1.19 bits per heavy atom. The molecule has 0 bridgehead atoms. The summed E-state index contributed by atoms with van der Waals surface area (Å²) >= 11 is 0. The van der Waals surface area contributed by atoms with Crippen LogP contribution in [0.5, 0.6) is 0 Å². The van der Waals surface area contributed by atoms with Gasteiger partial charge in [-0.25, -0.2) is 14.4 Å². The molecule has 0 aliphatic heterocycles. The van der Waals surface area contributed by atoms with Gasteiger partial charge in [0.1, 0.15) is 13.2 Å². The first-order chi connectivity index (χ1) is 15.5. The van der Waals surface area contributed by atoms with Crippen molar-refractivity contribution in [3.8, 4) is 0 Å². The van der Waals surface area contributed by atoms with Gasteiger partial charge in [-0.3, -0.25) is 0 Å². The minimum Gasteiger partial charge on any atom is -0.457 e. The van der Waals surface area contributed by atoms with Crippen molar-refractivity contribution in [2.45, 2.75) is 20.1 Å². The zero-order valence-corrected chi connectivity index (χ0v) is 17.7. The highest BCUT2D eigenvalue weighted by atomic mass is 16.5. The highest BCUT2D eigenvalue weighted by Gasteiger charge is 2.16. The second kappa shape index (κ2) is 11.3. The molecule has 0 saturated carbocycles. The van der Waals surface area contributed by atoms with Crippen LogP contribution < -0.4 is 10.6 Å². The summed E-state index contributed by atoms with van der Waals surface area (Å²) in [5.74, 6) is -1.24. The molecule has 0 aliphatic rings. The number of benzene rings is 3. The van der Waals surface area contributed by atoms with E-state index in [0.29, 0.717) is 6.54 Å². The minimum absolute atomic E-state index is 0.0848. The van der Waals surface area contributed by atoms with Gasteiger partial charge in [-0.05, 0) is 36.2 Å². The van der Waals surface area contributed by atoms with Crippen LogP contribution in [0.2, 0.25) is 0 Å². The molecule has 0 fully saturated rings. The van der Waals surface area contributed by atoms with Crippen molar-refractivity contribution in [3.05, 3.63) is 101 Å². The molecular formula is C25H24N2O5. The van der Waals surface area contributed by atoms with E-state index in [1.165, 1.54) is 18.2 Å². The van der Waals surface area contributed by atoms with Crippen molar-refractivity contribution in [3.63, 3.8) is 0 Å². The zero-order chi connectivity index (χ0) is 22.8. The number of nitrogens with one attached hydrogen (secondary N) is 2. The summed E-state index contributed by atoms with van der Waals surface area (Å²) in [4.78, 5) is 37.2. The van der Waals surface area contributed by atoms with E-state index in [9.17, 15) is 14.4 Å². The highest BCUT2D eigenvalue weighted by molar-refractivity contribution is 5.99. The number of hydrogen-bond acceptors (Lipinski definition) is 5. The predicted octanol–water partition coefficient (Wildman–Crippen LogP) is 4.54. The Hall–Kier alpha value is -4.13. The third-order valence-corrected chi connectivity index (χ3v) is 4.43. The Bertz CT molecular complexity index is 994. The van der Waals surface area contributed by atoms with Gasteiger partial charge >= 0.3 is 18.0 Å². The van der Waals surface area contributed by atoms with Gasteiger partial charge in [0.25, 0.3) is 0 Å². The van der Waals surface area contributed by atoms with Crippen molar-refractivity contribution in [2.24, 2.45) is 0 Å². The molecule has 0 spiro atoms. The Morgan fingerprint density at radius 1 is 0.719 bits per heavy atom. The van der Waals surface area contributed by atoms with E-state index in [1.807, 2.05) is 60.7 Å². The summed E-state index contributed by atoms with van der Waals surface area (Å²) < 4.78 is 10.7. The number of hydrogen-bond donors (Lipinski definition) is 2. The molecule has 2 amide bonds. The Kier molecular flexibility index (Phi) is 7.97. The summed E-state index contributed by atoms with van der Waals surface area (Å²) in [7, 11) is 0. The first-order valence-corrected chi connectivity index (χ1v) is 10.2. The lowest BCUT2D eigenvalue weighted by Crippen LogP contribution is -2.28. The van der Waals surface area contributed by atoms with Crippen LogP contribution in [-0.4, -0.2) is 24.5 Å². The normalized spacial score (nSPS) is 10.2. The van der Waals surface area contributed by atoms with E-state index in [2.05, 4.69) is 10.6 Å². The quantitative estimate of drug-likeness (QED) is 0.510. The van der Waals surface area contributed by atoms with Gasteiger partial charge in [0.2, 0.25) is 0 Å². The first kappa shape index (κ1) is 22.6. The summed E-state index contributed by atoms with van der Waals surface area (Å²) in [5, 5.41) is 5.22. The number of amides is 2. The van der Waals surface area contributed by atoms with E-state index in [-0.39, 0.29) is 30.0 Å². The smallest absolute Gasteiger partial charge is 0.338 e. The van der Waals surface area contributed by atoms with Gasteiger partial charge in [-0.15, -0.1) is 0 Å². The van der Waals surface area contributed by atoms with E-state index in [1.54, 1.807) is 6.92 Å². The number of ether oxygens (including phenoxy) is 2. The lowest BCUT2D eigenvalue weighted by Gasteiger charge is -2.12. The van der Waals surface area contributed by atoms with Crippen molar-refractivity contribution < 1.29 is 23.9 Å². The largest absolute Gasteiger partial charge is 0.457 e. The van der Waals surface area contributed by atoms with Crippen molar-refractivity contribution in [1.29, 1.82) is 0 Å². The zero-order valence-electron chi connectivity index (χ0n) is 17.7. The lowest BCUT2D eigenvalue weighted by atomic mass is 10.1. The van der Waals surface area contributed by atoms with Crippen LogP contribution in [0.15, 0.2) is 78.9 Å². The maximum atomic E-state index is 12.6. The molecule has 0 atom stereocenters. The van der Waals surface area contributed by atoms with E-state index >= 15 is 0 Å². The van der Waals surface area contributed by atoms with Gasteiger partial charge in [0, 0.05) is 12.2 Å². The molecule has 0 unspecified atom stereocenters. The Labute approximate surface area is 186 Å². The minimum atomic E-state index is -0.620. The van der Waals surface area contributed by atoms with Crippen LogP contribution in [0.4, 0.5) is 10.5 Å². The molecule has 2 N–H and O–H groups in total. The highest BCUT2D eigenvalue weighted by Crippen LogP contribution is 2.18. The van der Waals surface area contributed by atoms with Gasteiger partial charge in [-0.2, -0.15) is 0 Å². The molecule has 3 aromatic carbocycles. The molecule has 0 heterocycles. The SMILES string of the molecule is CCNC(=O)Nc1cc(C(=O)OCc2ccccc2)cc(C(=O)OCc2ccccc2)c1. The molecule has 0 aliphatic carbocycles. The van der Waals surface area contributed by atoms with Gasteiger partial charge in [0.15, 0.2) is 0 Å². The number of anilines is 1. The molecule has 3 rings (SSSR count). The van der Waals surface area contributed by atoms with Crippen LogP contribution in [0.3, 0.4) is 0 Å². The summed E-state index contributed by atoms with van der Waals surface area (Å²) in [6.07, 6.45) is 0. The molecule has 164 valence electrons. The fourth-order valence-electron chi connectivity index (χ4n) is 2.88. The van der Waals surface area contributed by atoms with Crippen LogP contribution in [-0.2, 0) is 22.7 Å². The summed E-state index contributed by atoms with van der Waals surface area (Å²) in [6.45, 7) is 2.38. The third kappa shape index (κ3) is 6.70. The van der Waals surface area contributed by atoms with Crippen molar-refractivity contribution >= 4 is 23.7 Å². The average Bonchev–Trinajstić information content (AvgIpc) is 2.82. The topological polar surface area (TPSA) is 93.7 Å². The molecule has 0 radical (unpaired) electrons. The molecule has 7 heteroatoms. The van der Waals surface area contributed by atoms with Crippen LogP contribution in [0.25, 0.3) is 0 Å². The van der Waals surface area contributed by atoms with E-state index in [0.717, 1.165) is 11.1 Å². The summed E-state index contributed by atoms with van der Waals surface area (Å²) in [6, 6.07) is 22.3. The fraction of sp³-hybridized carbons (Fsp3) is 0.160. The molecule has 7 nitrogen and oxygen atoms in total. The number of urea groups is 1. The third-order valence-electron chi connectivity index (χ3n) is 4.43. The molecule has 0 saturated heterocycles. The van der Waals surface area contributed by atoms with Gasteiger partial charge in [0.05, 0.1) is 11.1 Å². The van der Waals surface area contributed by atoms with Crippen molar-refractivity contribution in [2.75, 3.05) is 11.9 Å². The van der Waals surface area contributed by atoms with Crippen LogP contribution >= 0.6 is 0 Å². The van der Waals surface area contributed by atoms with Gasteiger partial charge < -0.3 is 20.1 Å². The molecule has 32 heavy (non-hydrogen) atoms. The van der Waals surface area contributed by atoms with Crippen molar-refractivity contribution in [1.82, 2.24) is 5.32 Å². The maximum Gasteiger partial charge on any atom is 0.338 e.